The number of carboxylic acids is 1. The highest BCUT2D eigenvalue weighted by Gasteiger charge is 2.54. The molecule has 1 saturated carbocycles. The molecule has 1 amide bonds. The van der Waals surface area contributed by atoms with E-state index in [0.29, 0.717) is 11.8 Å². The van der Waals surface area contributed by atoms with E-state index in [9.17, 15) is 18.0 Å². The van der Waals surface area contributed by atoms with Gasteiger partial charge >= 0.3 is 12.1 Å². The van der Waals surface area contributed by atoms with E-state index < -0.39 is 12.1 Å². The molecule has 1 aromatic heterocycles. The van der Waals surface area contributed by atoms with Crippen molar-refractivity contribution in [3.63, 3.8) is 0 Å². The monoisotopic (exact) mass is 436 g/mol. The number of carboxylic acid groups (broad SMARTS) is 1. The summed E-state index contributed by atoms with van der Waals surface area (Å²) in [5, 5.41) is 7.12. The zero-order valence-corrected chi connectivity index (χ0v) is 16.8. The summed E-state index contributed by atoms with van der Waals surface area (Å²) in [6, 6.07) is 12.4. The average Bonchev–Trinajstić information content (AvgIpc) is 3.13. The number of anilines is 1. The lowest BCUT2D eigenvalue weighted by Gasteiger charge is -2.24. The van der Waals surface area contributed by atoms with Crippen LogP contribution < -0.4 is 4.90 Å². The molecule has 1 unspecified atom stereocenters. The van der Waals surface area contributed by atoms with Gasteiger partial charge in [0.05, 0.1) is 18.2 Å². The van der Waals surface area contributed by atoms with E-state index in [1.54, 1.807) is 6.26 Å². The Labute approximate surface area is 177 Å². The SMILES string of the molecule is O=C(O)C(F)(F)F.O=C1N(CC2CC2)c2ccccc2C12CCN(Cc1ccco1)C2. The number of nitrogens with zero attached hydrogens (tertiary/aromatic N) is 2. The maximum Gasteiger partial charge on any atom is 0.490 e. The molecule has 1 atom stereocenters. The number of hydrogen-bond acceptors (Lipinski definition) is 4. The van der Waals surface area contributed by atoms with Crippen LogP contribution >= 0.6 is 0 Å². The fourth-order valence-electron chi connectivity index (χ4n) is 4.38. The van der Waals surface area contributed by atoms with Gasteiger partial charge in [0.1, 0.15) is 5.76 Å². The average molecular weight is 436 g/mol. The molecule has 1 aliphatic carbocycles. The number of carbonyl (C=O) groups excluding carboxylic acids is 1. The first kappa shape index (κ1) is 21.4. The van der Waals surface area contributed by atoms with Crippen molar-refractivity contribution >= 4 is 17.6 Å². The van der Waals surface area contributed by atoms with Crippen molar-refractivity contribution in [2.75, 3.05) is 24.5 Å². The number of amides is 1. The molecule has 6 nitrogen and oxygen atoms in total. The molecule has 1 aromatic carbocycles. The number of halogens is 3. The van der Waals surface area contributed by atoms with Crippen molar-refractivity contribution < 1.29 is 32.3 Å². The van der Waals surface area contributed by atoms with Crippen molar-refractivity contribution in [2.24, 2.45) is 5.92 Å². The minimum absolute atomic E-state index is 0.317. The molecule has 2 fully saturated rings. The van der Waals surface area contributed by atoms with Gasteiger partial charge in [-0.1, -0.05) is 18.2 Å². The summed E-state index contributed by atoms with van der Waals surface area (Å²) in [5.74, 6) is -0.761. The summed E-state index contributed by atoms with van der Waals surface area (Å²) in [4.78, 5) is 26.7. The highest BCUT2D eigenvalue weighted by atomic mass is 19.4. The zero-order valence-electron chi connectivity index (χ0n) is 16.8. The van der Waals surface area contributed by atoms with Crippen LogP contribution in [-0.4, -0.2) is 47.7 Å². The molecule has 166 valence electrons. The van der Waals surface area contributed by atoms with Crippen LogP contribution in [0.4, 0.5) is 18.9 Å². The first-order chi connectivity index (χ1) is 14.7. The van der Waals surface area contributed by atoms with Crippen molar-refractivity contribution in [3.8, 4) is 0 Å². The Morgan fingerprint density at radius 2 is 1.90 bits per heavy atom. The first-order valence-corrected chi connectivity index (χ1v) is 10.2. The molecule has 3 heterocycles. The van der Waals surface area contributed by atoms with Crippen LogP contribution in [0.15, 0.2) is 47.1 Å². The van der Waals surface area contributed by atoms with Gasteiger partial charge in [0.25, 0.3) is 0 Å². The third-order valence-electron chi connectivity index (χ3n) is 6.05. The smallest absolute Gasteiger partial charge is 0.475 e. The number of furan rings is 1. The minimum atomic E-state index is -5.08. The molecule has 9 heteroatoms. The van der Waals surface area contributed by atoms with Crippen molar-refractivity contribution in [2.45, 2.75) is 37.4 Å². The Bertz CT molecular complexity index is 956. The number of alkyl halides is 3. The normalized spacial score (nSPS) is 23.1. The number of para-hydroxylation sites is 1. The van der Waals surface area contributed by atoms with E-state index in [1.165, 1.54) is 18.4 Å². The topological polar surface area (TPSA) is 74.0 Å². The fraction of sp³-hybridized carbons (Fsp3) is 0.455. The van der Waals surface area contributed by atoms with Gasteiger partial charge in [-0.05, 0) is 48.9 Å². The standard InChI is InChI=1S/C20H22N2O2.C2HF3O2/c23-19-20(9-10-21(14-20)13-16-4-3-11-24-16)17-5-1-2-6-18(17)22(19)12-15-7-8-15;3-2(4,5)1(6)7/h1-6,11,15H,7-10,12-14H2;(H,6,7). The first-order valence-electron chi connectivity index (χ1n) is 10.2. The van der Waals surface area contributed by atoms with E-state index in [-0.39, 0.29) is 5.41 Å². The maximum absolute atomic E-state index is 13.4. The Hall–Kier alpha value is -2.81. The van der Waals surface area contributed by atoms with Crippen molar-refractivity contribution in [1.29, 1.82) is 0 Å². The summed E-state index contributed by atoms with van der Waals surface area (Å²) >= 11 is 0. The predicted octanol–water partition coefficient (Wildman–Crippen LogP) is 3.81. The maximum atomic E-state index is 13.4. The van der Waals surface area contributed by atoms with E-state index in [4.69, 9.17) is 14.3 Å². The molecule has 0 bridgehead atoms. The molecular weight excluding hydrogens is 413 g/mol. The number of aliphatic carboxylic acids is 1. The molecule has 31 heavy (non-hydrogen) atoms. The lowest BCUT2D eigenvalue weighted by Crippen LogP contribution is -2.43. The number of hydrogen-bond donors (Lipinski definition) is 1. The van der Waals surface area contributed by atoms with Crippen LogP contribution in [0.3, 0.4) is 0 Å². The number of rotatable bonds is 4. The molecule has 0 radical (unpaired) electrons. The summed E-state index contributed by atoms with van der Waals surface area (Å²) in [7, 11) is 0. The van der Waals surface area contributed by atoms with Gasteiger partial charge < -0.3 is 14.4 Å². The van der Waals surface area contributed by atoms with Crippen LogP contribution in [0, 0.1) is 5.92 Å². The van der Waals surface area contributed by atoms with Gasteiger partial charge in [0.15, 0.2) is 0 Å². The summed E-state index contributed by atoms with van der Waals surface area (Å²) in [5.41, 5.74) is 2.03. The second-order valence-electron chi connectivity index (χ2n) is 8.30. The fourth-order valence-corrected chi connectivity index (χ4v) is 4.38. The number of likely N-dealkylation sites (tertiary alicyclic amines) is 1. The zero-order chi connectivity index (χ0) is 22.2. The molecule has 2 aromatic rings. The van der Waals surface area contributed by atoms with Crippen LogP contribution in [0.1, 0.15) is 30.6 Å². The quantitative estimate of drug-likeness (QED) is 0.789. The van der Waals surface area contributed by atoms with E-state index in [2.05, 4.69) is 34.1 Å². The van der Waals surface area contributed by atoms with Gasteiger partial charge in [0.2, 0.25) is 5.91 Å². The lowest BCUT2D eigenvalue weighted by molar-refractivity contribution is -0.192. The molecule has 1 N–H and O–H groups in total. The molecule has 3 aliphatic rings. The minimum Gasteiger partial charge on any atom is -0.475 e. The van der Waals surface area contributed by atoms with Gasteiger partial charge in [-0.2, -0.15) is 13.2 Å². The largest absolute Gasteiger partial charge is 0.490 e. The van der Waals surface area contributed by atoms with Gasteiger partial charge in [-0.15, -0.1) is 0 Å². The summed E-state index contributed by atoms with van der Waals surface area (Å²) < 4.78 is 37.2. The second kappa shape index (κ2) is 8.03. The van der Waals surface area contributed by atoms with E-state index in [1.807, 2.05) is 12.1 Å². The van der Waals surface area contributed by atoms with Gasteiger partial charge in [-0.25, -0.2) is 4.79 Å². The summed E-state index contributed by atoms with van der Waals surface area (Å²) in [6.07, 6.45) is 0.0758. The Morgan fingerprint density at radius 1 is 1.19 bits per heavy atom. The molecule has 5 rings (SSSR count). The number of carbonyl (C=O) groups is 2. The molecular formula is C22H23F3N2O4. The van der Waals surface area contributed by atoms with Crippen LogP contribution in [0.2, 0.25) is 0 Å². The number of benzene rings is 1. The van der Waals surface area contributed by atoms with Crippen LogP contribution in [-0.2, 0) is 21.5 Å². The van der Waals surface area contributed by atoms with Crippen LogP contribution in [0.5, 0.6) is 0 Å². The molecule has 2 aliphatic heterocycles. The van der Waals surface area contributed by atoms with Crippen molar-refractivity contribution in [1.82, 2.24) is 4.90 Å². The van der Waals surface area contributed by atoms with Gasteiger partial charge in [0, 0.05) is 25.3 Å². The lowest BCUT2D eigenvalue weighted by atomic mass is 9.81. The third-order valence-corrected chi connectivity index (χ3v) is 6.05. The van der Waals surface area contributed by atoms with E-state index in [0.717, 1.165) is 44.0 Å². The Kier molecular flexibility index (Phi) is 5.55. The Balaban J connectivity index is 0.000000289. The van der Waals surface area contributed by atoms with Gasteiger partial charge in [-0.3, -0.25) is 9.69 Å². The summed E-state index contributed by atoms with van der Waals surface area (Å²) in [6.45, 7) is 3.42. The van der Waals surface area contributed by atoms with Crippen molar-refractivity contribution in [3.05, 3.63) is 54.0 Å². The number of fused-ring (bicyclic) bond motifs is 2. The molecule has 1 spiro atoms. The third kappa shape index (κ3) is 4.32. The Morgan fingerprint density at radius 3 is 2.52 bits per heavy atom. The molecule has 1 saturated heterocycles. The van der Waals surface area contributed by atoms with Crippen LogP contribution in [0.25, 0.3) is 0 Å². The predicted molar refractivity (Wildman–Crippen MR) is 105 cm³/mol. The van der Waals surface area contributed by atoms with E-state index >= 15 is 0 Å². The highest BCUT2D eigenvalue weighted by molar-refractivity contribution is 6.08. The highest BCUT2D eigenvalue weighted by Crippen LogP contribution is 2.48. The second-order valence-corrected chi connectivity index (χ2v) is 8.30.